The summed E-state index contributed by atoms with van der Waals surface area (Å²) in [5.41, 5.74) is 1.12. The van der Waals surface area contributed by atoms with Gasteiger partial charge in [-0.3, -0.25) is 0 Å². The highest BCUT2D eigenvalue weighted by molar-refractivity contribution is 6.77. The summed E-state index contributed by atoms with van der Waals surface area (Å²) in [6.07, 6.45) is 4.57. The van der Waals surface area contributed by atoms with E-state index in [1.165, 1.54) is 19.3 Å². The van der Waals surface area contributed by atoms with Crippen LogP contribution in [0.2, 0.25) is 25.2 Å². The Balaban J connectivity index is 2.46. The fourth-order valence-electron chi connectivity index (χ4n) is 2.41. The Labute approximate surface area is 78.8 Å². The van der Waals surface area contributed by atoms with E-state index in [0.717, 1.165) is 17.4 Å². The van der Waals surface area contributed by atoms with Crippen molar-refractivity contribution in [1.82, 2.24) is 0 Å². The summed E-state index contributed by atoms with van der Waals surface area (Å²) in [4.78, 5) is 0. The molecule has 72 valence electrons. The van der Waals surface area contributed by atoms with Crippen molar-refractivity contribution in [3.05, 3.63) is 0 Å². The minimum Gasteiger partial charge on any atom is -0.0693 e. The van der Waals surface area contributed by atoms with Crippen LogP contribution < -0.4 is 0 Å². The van der Waals surface area contributed by atoms with Crippen LogP contribution in [0, 0.1) is 11.8 Å². The predicted octanol–water partition coefficient (Wildman–Crippen LogP) is 4.15. The van der Waals surface area contributed by atoms with Crippen molar-refractivity contribution in [1.29, 1.82) is 0 Å². The summed E-state index contributed by atoms with van der Waals surface area (Å²) in [5, 5.41) is 0. The molecule has 0 bridgehead atoms. The Kier molecular flexibility index (Phi) is 3.03. The molecule has 12 heavy (non-hydrogen) atoms. The van der Waals surface area contributed by atoms with Crippen LogP contribution in [0.1, 0.15) is 33.1 Å². The first-order valence-electron chi connectivity index (χ1n) is 5.41. The molecule has 2 unspecified atom stereocenters. The van der Waals surface area contributed by atoms with Gasteiger partial charge in [0.1, 0.15) is 0 Å². The molecule has 0 saturated heterocycles. The van der Waals surface area contributed by atoms with Crippen LogP contribution in [0.25, 0.3) is 0 Å². The van der Waals surface area contributed by atoms with Crippen LogP contribution in [-0.4, -0.2) is 8.07 Å². The standard InChI is InChI=1S/C11H24Si/c1-9(2)10-6-7-11(8-10)12(3,4)5/h9-11H,6-8H2,1-5H3. The van der Waals surface area contributed by atoms with E-state index in [0.29, 0.717) is 0 Å². The first-order chi connectivity index (χ1) is 5.41. The van der Waals surface area contributed by atoms with Crippen molar-refractivity contribution < 1.29 is 0 Å². The Morgan fingerprint density at radius 2 is 1.67 bits per heavy atom. The van der Waals surface area contributed by atoms with Crippen molar-refractivity contribution in [3.8, 4) is 0 Å². The lowest BCUT2D eigenvalue weighted by Gasteiger charge is -2.25. The monoisotopic (exact) mass is 184 g/mol. The maximum absolute atomic E-state index is 2.53. The van der Waals surface area contributed by atoms with Gasteiger partial charge in [-0.25, -0.2) is 0 Å². The van der Waals surface area contributed by atoms with Gasteiger partial charge in [-0.05, 0) is 23.8 Å². The molecule has 0 aromatic heterocycles. The summed E-state index contributed by atoms with van der Waals surface area (Å²) in [6.45, 7) is 12.4. The Bertz CT molecular complexity index is 144. The third-order valence-electron chi connectivity index (χ3n) is 3.64. The lowest BCUT2D eigenvalue weighted by Crippen LogP contribution is -2.26. The second kappa shape index (κ2) is 3.53. The molecule has 1 rings (SSSR count). The molecule has 1 aliphatic rings. The van der Waals surface area contributed by atoms with E-state index in [1.807, 2.05) is 0 Å². The van der Waals surface area contributed by atoms with Crippen LogP contribution in [0.5, 0.6) is 0 Å². The molecule has 0 amide bonds. The first-order valence-corrected chi connectivity index (χ1v) is 8.99. The molecule has 0 N–H and O–H groups in total. The van der Waals surface area contributed by atoms with Gasteiger partial charge < -0.3 is 0 Å². The van der Waals surface area contributed by atoms with Gasteiger partial charge in [0.2, 0.25) is 0 Å². The second-order valence-corrected chi connectivity index (χ2v) is 11.4. The molecule has 1 aliphatic carbocycles. The van der Waals surface area contributed by atoms with Crippen molar-refractivity contribution in [3.63, 3.8) is 0 Å². The van der Waals surface area contributed by atoms with Gasteiger partial charge in [-0.2, -0.15) is 0 Å². The van der Waals surface area contributed by atoms with E-state index >= 15 is 0 Å². The van der Waals surface area contributed by atoms with Gasteiger partial charge >= 0.3 is 0 Å². The molecule has 0 aromatic carbocycles. The Morgan fingerprint density at radius 3 is 1.92 bits per heavy atom. The highest BCUT2D eigenvalue weighted by Gasteiger charge is 2.34. The van der Waals surface area contributed by atoms with Crippen LogP contribution in [-0.2, 0) is 0 Å². The summed E-state index contributed by atoms with van der Waals surface area (Å²) in [5.74, 6) is 1.97. The van der Waals surface area contributed by atoms with Gasteiger partial charge in [0.15, 0.2) is 0 Å². The quantitative estimate of drug-likeness (QED) is 0.566. The van der Waals surface area contributed by atoms with E-state index in [1.54, 1.807) is 0 Å². The predicted molar refractivity (Wildman–Crippen MR) is 59.3 cm³/mol. The second-order valence-electron chi connectivity index (χ2n) is 5.88. The van der Waals surface area contributed by atoms with E-state index in [2.05, 4.69) is 33.5 Å². The third kappa shape index (κ3) is 2.35. The fraction of sp³-hybridized carbons (Fsp3) is 1.00. The molecule has 1 saturated carbocycles. The van der Waals surface area contributed by atoms with Crippen LogP contribution in [0.4, 0.5) is 0 Å². The molecule has 0 heterocycles. The SMILES string of the molecule is CC(C)C1CCC([Si](C)(C)C)C1. The largest absolute Gasteiger partial charge is 0.0693 e. The minimum atomic E-state index is -0.812. The van der Waals surface area contributed by atoms with Crippen molar-refractivity contribution in [2.45, 2.75) is 58.3 Å². The first kappa shape index (κ1) is 10.3. The van der Waals surface area contributed by atoms with Gasteiger partial charge in [0, 0.05) is 8.07 Å². The van der Waals surface area contributed by atoms with E-state index < -0.39 is 8.07 Å². The molecule has 2 atom stereocenters. The summed E-state index contributed by atoms with van der Waals surface area (Å²) in [7, 11) is -0.812. The highest BCUT2D eigenvalue weighted by Crippen LogP contribution is 2.44. The Hall–Kier alpha value is 0.217. The lowest BCUT2D eigenvalue weighted by molar-refractivity contribution is 0.396. The maximum Gasteiger partial charge on any atom is 0.0473 e. The van der Waals surface area contributed by atoms with E-state index in [4.69, 9.17) is 0 Å². The van der Waals surface area contributed by atoms with E-state index in [9.17, 15) is 0 Å². The number of rotatable bonds is 2. The van der Waals surface area contributed by atoms with Crippen LogP contribution >= 0.6 is 0 Å². The average molecular weight is 184 g/mol. The van der Waals surface area contributed by atoms with Crippen molar-refractivity contribution in [2.75, 3.05) is 0 Å². The average Bonchev–Trinajstić information content (AvgIpc) is 2.30. The number of hydrogen-bond donors (Lipinski definition) is 0. The Morgan fingerprint density at radius 1 is 1.08 bits per heavy atom. The smallest absolute Gasteiger partial charge is 0.0473 e. The molecule has 0 nitrogen and oxygen atoms in total. The zero-order valence-corrected chi connectivity index (χ0v) is 10.4. The molecule has 0 aromatic rings. The zero-order valence-electron chi connectivity index (χ0n) is 9.35. The molecular formula is C11H24Si. The minimum absolute atomic E-state index is 0.812. The molecule has 1 heteroatoms. The van der Waals surface area contributed by atoms with Crippen LogP contribution in [0.15, 0.2) is 0 Å². The van der Waals surface area contributed by atoms with Crippen molar-refractivity contribution in [2.24, 2.45) is 11.8 Å². The van der Waals surface area contributed by atoms with Crippen molar-refractivity contribution >= 4 is 8.07 Å². The van der Waals surface area contributed by atoms with Crippen LogP contribution in [0.3, 0.4) is 0 Å². The highest BCUT2D eigenvalue weighted by atomic mass is 28.3. The van der Waals surface area contributed by atoms with Gasteiger partial charge in [-0.15, -0.1) is 0 Å². The number of hydrogen-bond acceptors (Lipinski definition) is 0. The normalized spacial score (nSPS) is 31.5. The van der Waals surface area contributed by atoms with E-state index in [-0.39, 0.29) is 0 Å². The summed E-state index contributed by atoms with van der Waals surface area (Å²) in [6, 6.07) is 0. The summed E-state index contributed by atoms with van der Waals surface area (Å²) >= 11 is 0. The fourth-order valence-corrected chi connectivity index (χ4v) is 4.45. The van der Waals surface area contributed by atoms with Gasteiger partial charge in [-0.1, -0.05) is 46.3 Å². The molecular weight excluding hydrogens is 160 g/mol. The topological polar surface area (TPSA) is 0 Å². The van der Waals surface area contributed by atoms with Gasteiger partial charge in [0.05, 0.1) is 0 Å². The molecule has 0 radical (unpaired) electrons. The third-order valence-corrected chi connectivity index (χ3v) is 6.61. The van der Waals surface area contributed by atoms with Gasteiger partial charge in [0.25, 0.3) is 0 Å². The molecule has 0 spiro atoms. The lowest BCUT2D eigenvalue weighted by atomic mass is 9.95. The maximum atomic E-state index is 2.53. The summed E-state index contributed by atoms with van der Waals surface area (Å²) < 4.78 is 0. The zero-order chi connectivity index (χ0) is 9.35. The molecule has 1 fully saturated rings. The molecule has 0 aliphatic heterocycles.